The van der Waals surface area contributed by atoms with Crippen LogP contribution in [0.5, 0.6) is 0 Å². The van der Waals surface area contributed by atoms with Crippen molar-refractivity contribution in [3.8, 4) is 0 Å². The van der Waals surface area contributed by atoms with Crippen LogP contribution >= 0.6 is 0 Å². The van der Waals surface area contributed by atoms with Crippen molar-refractivity contribution in [3.63, 3.8) is 0 Å². The first-order valence-corrected chi connectivity index (χ1v) is 9.22. The molecule has 0 unspecified atom stereocenters. The first kappa shape index (κ1) is 20.0. The summed E-state index contributed by atoms with van der Waals surface area (Å²) in [5.74, 6) is 0.986. The third-order valence-corrected chi connectivity index (χ3v) is 4.12. The number of hydrogen-bond acceptors (Lipinski definition) is 2. The van der Waals surface area contributed by atoms with E-state index in [1.54, 1.807) is 0 Å². The second-order valence-corrected chi connectivity index (χ2v) is 8.08. The molecule has 1 rings (SSSR count). The van der Waals surface area contributed by atoms with Crippen LogP contribution in [0, 0.1) is 5.41 Å². The first-order chi connectivity index (χ1) is 10.8. The fraction of sp³-hybridized carbons (Fsp3) is 0.842. The molecule has 0 spiro atoms. The van der Waals surface area contributed by atoms with Gasteiger partial charge in [0.05, 0.1) is 0 Å². The lowest BCUT2D eigenvalue weighted by Gasteiger charge is -2.33. The Labute approximate surface area is 143 Å². The largest absolute Gasteiger partial charge is 0.357 e. The number of guanidine groups is 1. The highest BCUT2D eigenvalue weighted by Crippen LogP contribution is 2.20. The van der Waals surface area contributed by atoms with Crippen LogP contribution in [0.15, 0.2) is 17.1 Å². The van der Waals surface area contributed by atoms with Crippen molar-refractivity contribution in [1.82, 2.24) is 15.5 Å². The van der Waals surface area contributed by atoms with Crippen LogP contribution in [-0.2, 0) is 0 Å². The molecule has 1 saturated heterocycles. The zero-order valence-corrected chi connectivity index (χ0v) is 16.0. The molecule has 1 aliphatic heterocycles. The van der Waals surface area contributed by atoms with Gasteiger partial charge < -0.3 is 10.6 Å². The van der Waals surface area contributed by atoms with Crippen molar-refractivity contribution >= 4 is 5.96 Å². The van der Waals surface area contributed by atoms with E-state index in [4.69, 9.17) is 4.99 Å². The molecule has 134 valence electrons. The molecule has 0 aliphatic carbocycles. The number of piperidine rings is 1. The Balaban J connectivity index is 2.36. The van der Waals surface area contributed by atoms with Crippen LogP contribution in [0.25, 0.3) is 0 Å². The van der Waals surface area contributed by atoms with Crippen LogP contribution in [-0.4, -0.2) is 49.6 Å². The molecule has 0 aromatic rings. The Hall–Kier alpha value is -1.03. The molecule has 0 bridgehead atoms. The fourth-order valence-electron chi connectivity index (χ4n) is 2.93. The molecule has 23 heavy (non-hydrogen) atoms. The van der Waals surface area contributed by atoms with E-state index in [0.29, 0.717) is 11.5 Å². The van der Waals surface area contributed by atoms with E-state index in [1.165, 1.54) is 24.8 Å². The second kappa shape index (κ2) is 9.96. The molecule has 0 atom stereocenters. The molecule has 0 amide bonds. The van der Waals surface area contributed by atoms with E-state index in [0.717, 1.165) is 45.1 Å². The van der Waals surface area contributed by atoms with E-state index >= 15 is 0 Å². The lowest BCUT2D eigenvalue weighted by atomic mass is 9.91. The van der Waals surface area contributed by atoms with Crippen molar-refractivity contribution < 1.29 is 0 Å². The van der Waals surface area contributed by atoms with Gasteiger partial charge in [-0.05, 0) is 44.9 Å². The van der Waals surface area contributed by atoms with Crippen molar-refractivity contribution in [2.75, 3.05) is 32.7 Å². The number of hydrogen-bond donors (Lipinski definition) is 2. The topological polar surface area (TPSA) is 39.7 Å². The average molecular weight is 323 g/mol. The smallest absolute Gasteiger partial charge is 0.191 e. The Morgan fingerprint density at radius 3 is 2.43 bits per heavy atom. The highest BCUT2D eigenvalue weighted by atomic mass is 15.2. The molecule has 2 N–H and O–H groups in total. The van der Waals surface area contributed by atoms with Gasteiger partial charge in [-0.3, -0.25) is 9.89 Å². The van der Waals surface area contributed by atoms with Crippen molar-refractivity contribution in [2.45, 2.75) is 66.3 Å². The third-order valence-electron chi connectivity index (χ3n) is 4.12. The number of nitrogens with one attached hydrogen (secondary N) is 2. The molecule has 1 aliphatic rings. The third kappa shape index (κ3) is 9.65. The van der Waals surface area contributed by atoms with E-state index in [9.17, 15) is 0 Å². The SMILES string of the molecule is C=C(C)CN1CCC(NC(=NCCCC(C)(C)C)NCC)CC1. The van der Waals surface area contributed by atoms with Gasteiger partial charge in [0.15, 0.2) is 5.96 Å². The minimum absolute atomic E-state index is 0.400. The molecule has 0 saturated carbocycles. The van der Waals surface area contributed by atoms with Gasteiger partial charge in [0.2, 0.25) is 0 Å². The quantitative estimate of drug-likeness (QED) is 0.326. The summed E-state index contributed by atoms with van der Waals surface area (Å²) >= 11 is 0. The molecular formula is C19H38N4. The lowest BCUT2D eigenvalue weighted by molar-refractivity contribution is 0.221. The molecule has 4 nitrogen and oxygen atoms in total. The molecule has 1 fully saturated rings. The van der Waals surface area contributed by atoms with E-state index in [2.05, 4.69) is 56.7 Å². The number of nitrogens with zero attached hydrogens (tertiary/aromatic N) is 2. The summed E-state index contributed by atoms with van der Waals surface area (Å²) in [5.41, 5.74) is 1.65. The van der Waals surface area contributed by atoms with Crippen LogP contribution in [0.3, 0.4) is 0 Å². The lowest BCUT2D eigenvalue weighted by Crippen LogP contribution is -2.48. The monoisotopic (exact) mass is 322 g/mol. The number of aliphatic imine (C=N–C) groups is 1. The molecule has 0 aromatic heterocycles. The van der Waals surface area contributed by atoms with Crippen molar-refractivity contribution in [2.24, 2.45) is 10.4 Å². The Kier molecular flexibility index (Phi) is 8.67. The van der Waals surface area contributed by atoms with Crippen LogP contribution < -0.4 is 10.6 Å². The van der Waals surface area contributed by atoms with Crippen LogP contribution in [0.4, 0.5) is 0 Å². The minimum Gasteiger partial charge on any atom is -0.357 e. The van der Waals surface area contributed by atoms with Gasteiger partial charge in [-0.15, -0.1) is 0 Å². The Morgan fingerprint density at radius 1 is 1.26 bits per heavy atom. The summed E-state index contributed by atoms with van der Waals surface area (Å²) in [7, 11) is 0. The normalized spacial score (nSPS) is 18.0. The zero-order chi connectivity index (χ0) is 17.3. The summed E-state index contributed by atoms with van der Waals surface area (Å²) < 4.78 is 0. The molecule has 1 heterocycles. The second-order valence-electron chi connectivity index (χ2n) is 8.08. The van der Waals surface area contributed by atoms with E-state index in [1.807, 2.05) is 0 Å². The van der Waals surface area contributed by atoms with Crippen molar-refractivity contribution in [1.29, 1.82) is 0 Å². The number of rotatable bonds is 7. The summed E-state index contributed by atoms with van der Waals surface area (Å²) in [5, 5.41) is 7.00. The molecular weight excluding hydrogens is 284 g/mol. The van der Waals surface area contributed by atoms with Gasteiger partial charge in [0.1, 0.15) is 0 Å². The van der Waals surface area contributed by atoms with Gasteiger partial charge in [-0.1, -0.05) is 32.9 Å². The maximum atomic E-state index is 4.74. The van der Waals surface area contributed by atoms with Gasteiger partial charge in [-0.25, -0.2) is 0 Å². The molecule has 4 heteroatoms. The first-order valence-electron chi connectivity index (χ1n) is 9.22. The highest BCUT2D eigenvalue weighted by Gasteiger charge is 2.19. The average Bonchev–Trinajstić information content (AvgIpc) is 2.44. The zero-order valence-electron chi connectivity index (χ0n) is 16.0. The van der Waals surface area contributed by atoms with Gasteiger partial charge >= 0.3 is 0 Å². The fourth-order valence-corrected chi connectivity index (χ4v) is 2.93. The predicted octanol–water partition coefficient (Wildman–Crippen LogP) is 3.41. The summed E-state index contributed by atoms with van der Waals surface area (Å²) in [4.78, 5) is 7.24. The predicted molar refractivity (Wildman–Crippen MR) is 102 cm³/mol. The van der Waals surface area contributed by atoms with Gasteiger partial charge in [0.25, 0.3) is 0 Å². The van der Waals surface area contributed by atoms with Crippen molar-refractivity contribution in [3.05, 3.63) is 12.2 Å². The van der Waals surface area contributed by atoms with Gasteiger partial charge in [0, 0.05) is 38.8 Å². The highest BCUT2D eigenvalue weighted by molar-refractivity contribution is 5.80. The molecule has 0 aromatic carbocycles. The standard InChI is InChI=1S/C19H38N4/c1-7-20-18(21-12-8-11-19(4,5)6)22-17-9-13-23(14-10-17)15-16(2)3/h17H,2,7-15H2,1,3-6H3,(H2,20,21,22). The van der Waals surface area contributed by atoms with E-state index in [-0.39, 0.29) is 0 Å². The maximum absolute atomic E-state index is 4.74. The van der Waals surface area contributed by atoms with Crippen LogP contribution in [0.1, 0.15) is 60.3 Å². The number of likely N-dealkylation sites (tertiary alicyclic amines) is 1. The molecule has 0 radical (unpaired) electrons. The van der Waals surface area contributed by atoms with Gasteiger partial charge in [-0.2, -0.15) is 0 Å². The summed E-state index contributed by atoms with van der Waals surface area (Å²) in [6.45, 7) is 20.3. The maximum Gasteiger partial charge on any atom is 0.191 e. The summed E-state index contributed by atoms with van der Waals surface area (Å²) in [6.07, 6.45) is 4.73. The minimum atomic E-state index is 0.400. The van der Waals surface area contributed by atoms with E-state index < -0.39 is 0 Å². The van der Waals surface area contributed by atoms with Crippen LogP contribution in [0.2, 0.25) is 0 Å². The Morgan fingerprint density at radius 2 is 1.91 bits per heavy atom. The summed E-state index contributed by atoms with van der Waals surface area (Å²) in [6, 6.07) is 0.539. The Bertz CT molecular complexity index is 373.